The normalized spacial score (nSPS) is 15.0. The van der Waals surface area contributed by atoms with Gasteiger partial charge >= 0.3 is 0 Å². The molecule has 0 aromatic heterocycles. The highest BCUT2D eigenvalue weighted by molar-refractivity contribution is 5.73. The van der Waals surface area contributed by atoms with Crippen molar-refractivity contribution >= 4 is 12.2 Å². The molecule has 18 rings (SSSR count). The van der Waals surface area contributed by atoms with E-state index in [0.29, 0.717) is 0 Å². The molecule has 0 N–H and O–H groups in total. The van der Waals surface area contributed by atoms with Gasteiger partial charge in [0.05, 0.1) is 0 Å². The van der Waals surface area contributed by atoms with Gasteiger partial charge < -0.3 is 0 Å². The quantitative estimate of drug-likeness (QED) is 0.164. The summed E-state index contributed by atoms with van der Waals surface area (Å²) in [4.78, 5) is 0. The summed E-state index contributed by atoms with van der Waals surface area (Å²) >= 11 is 0. The van der Waals surface area contributed by atoms with E-state index < -0.39 is 0 Å². The summed E-state index contributed by atoms with van der Waals surface area (Å²) < 4.78 is 0. The first kappa shape index (κ1) is 32.3. The minimum absolute atomic E-state index is 1.04. The summed E-state index contributed by atoms with van der Waals surface area (Å²) in [5.74, 6) is 0. The summed E-state index contributed by atoms with van der Waals surface area (Å²) in [7, 11) is 0. The minimum atomic E-state index is 1.04. The highest BCUT2D eigenvalue weighted by Gasteiger charge is 2.09. The molecule has 6 aromatic rings. The maximum atomic E-state index is 2.46. The highest BCUT2D eigenvalue weighted by Crippen LogP contribution is 2.24. The van der Waals surface area contributed by atoms with Crippen LogP contribution in [0.5, 0.6) is 0 Å². The van der Waals surface area contributed by atoms with Gasteiger partial charge in [0.1, 0.15) is 0 Å². The van der Waals surface area contributed by atoms with Crippen LogP contribution >= 0.6 is 0 Å². The Morgan fingerprint density at radius 1 is 0.220 bits per heavy atom. The van der Waals surface area contributed by atoms with E-state index in [1.165, 1.54) is 77.9 Å². The SMILES string of the molecule is C(=C\c1cc2ccc1CCc1ccc(cc1)CCc1ccc(cc1)CC2)/c1cc2ccc1CCc1ccc(cc1)CCc1ccc(cc1)CC2. The second-order valence-electron chi connectivity index (χ2n) is 14.7. The Labute approximate surface area is 299 Å². The van der Waals surface area contributed by atoms with E-state index in [-0.39, 0.29) is 0 Å². The first-order valence-electron chi connectivity index (χ1n) is 18.9. The van der Waals surface area contributed by atoms with Crippen molar-refractivity contribution in [2.24, 2.45) is 0 Å². The first-order valence-corrected chi connectivity index (χ1v) is 18.9. The van der Waals surface area contributed by atoms with Crippen molar-refractivity contribution in [1.29, 1.82) is 0 Å². The molecule has 0 unspecified atom stereocenters. The van der Waals surface area contributed by atoms with Crippen molar-refractivity contribution in [3.05, 3.63) is 211 Å². The van der Waals surface area contributed by atoms with Crippen molar-refractivity contribution in [3.8, 4) is 0 Å². The molecule has 0 fully saturated rings. The first-order chi connectivity index (χ1) is 24.7. The lowest BCUT2D eigenvalue weighted by Crippen LogP contribution is -2.00. The van der Waals surface area contributed by atoms with Crippen LogP contribution in [0, 0.1) is 0 Å². The molecule has 0 aliphatic heterocycles. The Balaban J connectivity index is 1.11. The fraction of sp³-hybridized carbons (Fsp3) is 0.240. The van der Waals surface area contributed by atoms with Crippen LogP contribution < -0.4 is 0 Å². The van der Waals surface area contributed by atoms with E-state index in [4.69, 9.17) is 0 Å². The molecular weight excluding hydrogens is 601 g/mol. The molecule has 12 bridgehead atoms. The third kappa shape index (κ3) is 8.26. The zero-order valence-corrected chi connectivity index (χ0v) is 29.3. The van der Waals surface area contributed by atoms with E-state index in [2.05, 4.69) is 146 Å². The predicted molar refractivity (Wildman–Crippen MR) is 212 cm³/mol. The molecule has 0 radical (unpaired) electrons. The molecule has 12 aliphatic rings. The Hall–Kier alpha value is -4.94. The summed E-state index contributed by atoms with van der Waals surface area (Å²) in [5.41, 5.74) is 19.8. The van der Waals surface area contributed by atoms with Gasteiger partial charge in [0, 0.05) is 0 Å². The Morgan fingerprint density at radius 3 is 0.680 bits per heavy atom. The van der Waals surface area contributed by atoms with Crippen LogP contribution in [0.2, 0.25) is 0 Å². The third-order valence-electron chi connectivity index (χ3n) is 11.1. The van der Waals surface area contributed by atoms with Crippen LogP contribution in [-0.4, -0.2) is 0 Å². The van der Waals surface area contributed by atoms with Crippen molar-refractivity contribution in [3.63, 3.8) is 0 Å². The Kier molecular flexibility index (Phi) is 9.88. The van der Waals surface area contributed by atoms with Gasteiger partial charge in [-0.05, 0) is 155 Å². The van der Waals surface area contributed by atoms with Gasteiger partial charge in [-0.1, -0.05) is 146 Å². The van der Waals surface area contributed by atoms with E-state index >= 15 is 0 Å². The molecule has 0 amide bonds. The van der Waals surface area contributed by atoms with Crippen LogP contribution in [0.4, 0.5) is 0 Å². The van der Waals surface area contributed by atoms with Crippen LogP contribution in [0.25, 0.3) is 12.2 Å². The van der Waals surface area contributed by atoms with Crippen LogP contribution in [-0.2, 0) is 77.0 Å². The summed E-state index contributed by atoms with van der Waals surface area (Å²) in [5, 5.41) is 0. The third-order valence-corrected chi connectivity index (χ3v) is 11.1. The van der Waals surface area contributed by atoms with Crippen LogP contribution in [0.1, 0.15) is 77.9 Å². The molecular formula is C50H48. The molecule has 0 spiro atoms. The highest BCUT2D eigenvalue weighted by atomic mass is 14.1. The fourth-order valence-electron chi connectivity index (χ4n) is 7.75. The smallest absolute Gasteiger partial charge is 0.0221 e. The second-order valence-corrected chi connectivity index (χ2v) is 14.7. The van der Waals surface area contributed by atoms with Crippen LogP contribution in [0.3, 0.4) is 0 Å². The molecule has 0 atom stereocenters. The molecule has 12 aliphatic carbocycles. The minimum Gasteiger partial charge on any atom is -0.0588 e. The monoisotopic (exact) mass is 648 g/mol. The lowest BCUT2D eigenvalue weighted by atomic mass is 9.92. The molecule has 0 saturated heterocycles. The lowest BCUT2D eigenvalue weighted by molar-refractivity contribution is 0.919. The van der Waals surface area contributed by atoms with Gasteiger partial charge in [-0.3, -0.25) is 0 Å². The van der Waals surface area contributed by atoms with E-state index in [0.717, 1.165) is 77.0 Å². The van der Waals surface area contributed by atoms with Gasteiger partial charge in [0.25, 0.3) is 0 Å². The number of benzene rings is 6. The second kappa shape index (κ2) is 15.3. The molecule has 0 nitrogen and oxygen atoms in total. The van der Waals surface area contributed by atoms with Crippen molar-refractivity contribution in [1.82, 2.24) is 0 Å². The molecule has 50 heavy (non-hydrogen) atoms. The maximum Gasteiger partial charge on any atom is -0.0221 e. The van der Waals surface area contributed by atoms with E-state index in [1.807, 2.05) is 0 Å². The number of aryl methyl sites for hydroxylation is 12. The van der Waals surface area contributed by atoms with Gasteiger partial charge in [0.2, 0.25) is 0 Å². The molecule has 0 heterocycles. The van der Waals surface area contributed by atoms with E-state index in [9.17, 15) is 0 Å². The summed E-state index contributed by atoms with van der Waals surface area (Å²) in [6, 6.07) is 51.9. The number of hydrogen-bond donors (Lipinski definition) is 0. The Bertz CT molecular complexity index is 1900. The Morgan fingerprint density at radius 2 is 0.420 bits per heavy atom. The van der Waals surface area contributed by atoms with Gasteiger partial charge in [-0.2, -0.15) is 0 Å². The molecule has 6 aromatic carbocycles. The van der Waals surface area contributed by atoms with Crippen molar-refractivity contribution in [2.75, 3.05) is 0 Å². The average molecular weight is 649 g/mol. The fourth-order valence-corrected chi connectivity index (χ4v) is 7.75. The predicted octanol–water partition coefficient (Wildman–Crippen LogP) is 11.2. The van der Waals surface area contributed by atoms with Gasteiger partial charge in [-0.15, -0.1) is 0 Å². The largest absolute Gasteiger partial charge is 0.0588 e. The van der Waals surface area contributed by atoms with E-state index in [1.54, 1.807) is 0 Å². The van der Waals surface area contributed by atoms with Crippen LogP contribution in [0.15, 0.2) is 133 Å². The van der Waals surface area contributed by atoms with Gasteiger partial charge in [0.15, 0.2) is 0 Å². The molecule has 0 heteroatoms. The van der Waals surface area contributed by atoms with Gasteiger partial charge in [-0.25, -0.2) is 0 Å². The zero-order valence-electron chi connectivity index (χ0n) is 29.3. The van der Waals surface area contributed by atoms with Crippen molar-refractivity contribution < 1.29 is 0 Å². The standard InChI is InChI=1S/C50H48/c1-3-39-13-17-43(18-14-39)25-29-47-31-27-45(23-21-41-9-5-37(1)6-10-41)35-49(47)33-34-50-36-46-24-22-42-11-7-38(8-12-42)2-4-40-15-19-44(20-16-40)26-30-48(50)32-28-46/h5-20,27-28,31-36H,1-4,21-26,29-30H2/b34-33+. The number of rotatable bonds is 2. The average Bonchev–Trinajstić information content (AvgIpc) is 3.17. The molecule has 0 saturated carbocycles. The molecule has 248 valence electrons. The maximum absolute atomic E-state index is 2.46. The lowest BCUT2D eigenvalue weighted by Gasteiger charge is -2.13. The zero-order chi connectivity index (χ0) is 33.5. The van der Waals surface area contributed by atoms with Crippen molar-refractivity contribution in [2.45, 2.75) is 77.0 Å². The summed E-state index contributed by atoms with van der Waals surface area (Å²) in [6.07, 6.45) is 17.7. The number of hydrogen-bond acceptors (Lipinski definition) is 0. The summed E-state index contributed by atoms with van der Waals surface area (Å²) in [6.45, 7) is 0. The topological polar surface area (TPSA) is 0 Å².